The van der Waals surface area contributed by atoms with Gasteiger partial charge < -0.3 is 10.1 Å². The molecule has 0 amide bonds. The fourth-order valence-electron chi connectivity index (χ4n) is 1.58. The van der Waals surface area contributed by atoms with Crippen LogP contribution in [0.5, 0.6) is 5.75 Å². The zero-order valence-corrected chi connectivity index (χ0v) is 12.5. The van der Waals surface area contributed by atoms with Gasteiger partial charge in [0, 0.05) is 0 Å². The molecular weight excluding hydrogens is 280 g/mol. The van der Waals surface area contributed by atoms with Crippen molar-refractivity contribution in [2.75, 3.05) is 6.61 Å². The zero-order valence-electron chi connectivity index (χ0n) is 11.7. The Morgan fingerprint density at radius 2 is 1.85 bits per heavy atom. The maximum absolute atomic E-state index is 14.0. The van der Waals surface area contributed by atoms with Gasteiger partial charge in [0.2, 0.25) is 0 Å². The van der Waals surface area contributed by atoms with Crippen molar-refractivity contribution in [2.24, 2.45) is 5.41 Å². The number of rotatable bonds is 3. The second-order valence-corrected chi connectivity index (χ2v) is 6.69. The Kier molecular flexibility index (Phi) is 4.09. The first kappa shape index (κ1) is 14.9. The predicted octanol–water partition coefficient (Wildman–Crippen LogP) is 5.28. The molecule has 0 atom stereocenters. The van der Waals surface area contributed by atoms with Crippen LogP contribution in [0.1, 0.15) is 26.3 Å². The lowest BCUT2D eigenvalue weighted by atomic mass is 9.99. The van der Waals surface area contributed by atoms with Gasteiger partial charge in [-0.3, -0.25) is 0 Å². The molecule has 0 fully saturated rings. The van der Waals surface area contributed by atoms with E-state index < -0.39 is 11.6 Å². The molecule has 0 saturated heterocycles. The van der Waals surface area contributed by atoms with Crippen molar-refractivity contribution >= 4 is 17.5 Å². The van der Waals surface area contributed by atoms with Crippen molar-refractivity contribution in [1.29, 1.82) is 0 Å². The topological polar surface area (TPSA) is 23.3 Å². The number of ether oxygens (including phenoxy) is 1. The Balaban J connectivity index is 2.23. The molecule has 108 valence electrons. The Bertz CT molecular complexity index is 553. The Morgan fingerprint density at radius 1 is 1.25 bits per heavy atom. The molecule has 0 N–H and O–H groups in total. The molecular formula is C15H16F2NOS-. The first-order valence-corrected chi connectivity index (χ1v) is 7.04. The molecule has 1 aliphatic rings. The third-order valence-electron chi connectivity index (χ3n) is 2.50. The number of benzene rings is 1. The van der Waals surface area contributed by atoms with Crippen LogP contribution in [0.2, 0.25) is 0 Å². The fourth-order valence-corrected chi connectivity index (χ4v) is 2.17. The van der Waals surface area contributed by atoms with Crippen LogP contribution in [0.3, 0.4) is 0 Å². The average molecular weight is 296 g/mol. The summed E-state index contributed by atoms with van der Waals surface area (Å²) in [5.41, 5.74) is 0.726. The third-order valence-corrected chi connectivity index (χ3v) is 3.20. The van der Waals surface area contributed by atoms with E-state index in [2.05, 4.69) is 11.9 Å². The van der Waals surface area contributed by atoms with E-state index in [4.69, 9.17) is 4.74 Å². The van der Waals surface area contributed by atoms with Gasteiger partial charge in [-0.15, -0.1) is 29.1 Å². The standard InChI is InChI=1S/C15H16F2NOS/c1-9-18-13(7-20-9)10-5-11(16)14(12(17)6-10)19-8-15(2,3)4/h5-7H,1,8H2,2-4H3/q-1. The summed E-state index contributed by atoms with van der Waals surface area (Å²) in [4.78, 5) is 0. The van der Waals surface area contributed by atoms with Crippen LogP contribution in [0.15, 0.2) is 29.1 Å². The number of hydrogen-bond acceptors (Lipinski definition) is 2. The summed E-state index contributed by atoms with van der Waals surface area (Å²) in [5.74, 6) is -1.78. The monoisotopic (exact) mass is 296 g/mol. The summed E-state index contributed by atoms with van der Waals surface area (Å²) in [6, 6.07) is 2.46. The highest BCUT2D eigenvalue weighted by Gasteiger charge is 2.17. The highest BCUT2D eigenvalue weighted by molar-refractivity contribution is 8.06. The van der Waals surface area contributed by atoms with E-state index in [1.54, 1.807) is 5.41 Å². The molecule has 1 aliphatic heterocycles. The van der Waals surface area contributed by atoms with Crippen LogP contribution in [-0.4, -0.2) is 6.61 Å². The summed E-state index contributed by atoms with van der Waals surface area (Å²) < 4.78 is 33.2. The fraction of sp³-hybridized carbons (Fsp3) is 0.333. The third kappa shape index (κ3) is 3.54. The van der Waals surface area contributed by atoms with Gasteiger partial charge in [0.05, 0.1) is 6.61 Å². The van der Waals surface area contributed by atoms with Crippen molar-refractivity contribution in [2.45, 2.75) is 20.8 Å². The Labute approximate surface area is 121 Å². The quantitative estimate of drug-likeness (QED) is 0.757. The van der Waals surface area contributed by atoms with Crippen molar-refractivity contribution in [1.82, 2.24) is 0 Å². The number of thioether (sulfide) groups is 1. The van der Waals surface area contributed by atoms with Gasteiger partial charge in [0.25, 0.3) is 0 Å². The van der Waals surface area contributed by atoms with Crippen molar-refractivity contribution in [3.63, 3.8) is 0 Å². The van der Waals surface area contributed by atoms with Crippen molar-refractivity contribution in [3.05, 3.63) is 51.7 Å². The predicted molar refractivity (Wildman–Crippen MR) is 79.4 cm³/mol. The van der Waals surface area contributed by atoms with Gasteiger partial charge in [-0.05, 0) is 28.5 Å². The van der Waals surface area contributed by atoms with Gasteiger partial charge >= 0.3 is 0 Å². The molecule has 5 heteroatoms. The molecule has 0 aromatic heterocycles. The normalized spacial score (nSPS) is 15.1. The lowest BCUT2D eigenvalue weighted by Gasteiger charge is -2.22. The van der Waals surface area contributed by atoms with E-state index in [0.29, 0.717) is 16.3 Å². The number of hydrogen-bond donors (Lipinski definition) is 0. The van der Waals surface area contributed by atoms with Crippen LogP contribution < -0.4 is 4.74 Å². The van der Waals surface area contributed by atoms with E-state index in [9.17, 15) is 8.78 Å². The van der Waals surface area contributed by atoms with Crippen LogP contribution in [0, 0.1) is 17.0 Å². The largest absolute Gasteiger partial charge is 0.652 e. The maximum Gasteiger partial charge on any atom is 0.190 e. The molecule has 2 nitrogen and oxygen atoms in total. The van der Waals surface area contributed by atoms with Crippen molar-refractivity contribution in [3.8, 4) is 5.75 Å². The van der Waals surface area contributed by atoms with Crippen LogP contribution in [0.4, 0.5) is 8.78 Å². The van der Waals surface area contributed by atoms with Crippen LogP contribution in [-0.2, 0) is 0 Å². The van der Waals surface area contributed by atoms with E-state index in [1.165, 1.54) is 23.9 Å². The minimum Gasteiger partial charge on any atom is -0.652 e. The molecule has 0 aliphatic carbocycles. The Morgan fingerprint density at radius 3 is 2.30 bits per heavy atom. The SMILES string of the molecule is C=C1[N-]C(c2cc(F)c(OCC(C)(C)C)c(F)c2)=CS1. The average Bonchev–Trinajstić information content (AvgIpc) is 2.73. The molecule has 1 aromatic rings. The zero-order chi connectivity index (χ0) is 14.9. The van der Waals surface area contributed by atoms with Gasteiger partial charge in [-0.2, -0.15) is 0 Å². The van der Waals surface area contributed by atoms with Gasteiger partial charge in [0.15, 0.2) is 17.4 Å². The number of halogens is 2. The van der Waals surface area contributed by atoms with E-state index >= 15 is 0 Å². The molecule has 2 rings (SSSR count). The van der Waals surface area contributed by atoms with E-state index in [1.807, 2.05) is 20.8 Å². The summed E-state index contributed by atoms with van der Waals surface area (Å²) in [7, 11) is 0. The highest BCUT2D eigenvalue weighted by atomic mass is 32.2. The van der Waals surface area contributed by atoms with E-state index in [0.717, 1.165) is 0 Å². The first-order valence-electron chi connectivity index (χ1n) is 6.16. The van der Waals surface area contributed by atoms with Gasteiger partial charge in [-0.25, -0.2) is 8.78 Å². The summed E-state index contributed by atoms with van der Waals surface area (Å²) in [6.45, 7) is 9.72. The lowest BCUT2D eigenvalue weighted by Crippen LogP contribution is -2.18. The summed E-state index contributed by atoms with van der Waals surface area (Å²) in [6.07, 6.45) is 0. The van der Waals surface area contributed by atoms with E-state index in [-0.39, 0.29) is 17.8 Å². The first-order chi connectivity index (χ1) is 9.26. The smallest absolute Gasteiger partial charge is 0.190 e. The maximum atomic E-state index is 14.0. The van der Waals surface area contributed by atoms with Gasteiger partial charge in [0.1, 0.15) is 0 Å². The lowest BCUT2D eigenvalue weighted by molar-refractivity contribution is 0.184. The van der Waals surface area contributed by atoms with Crippen LogP contribution >= 0.6 is 11.8 Å². The van der Waals surface area contributed by atoms with Crippen molar-refractivity contribution < 1.29 is 13.5 Å². The number of nitrogens with zero attached hydrogens (tertiary/aromatic N) is 1. The highest BCUT2D eigenvalue weighted by Crippen LogP contribution is 2.41. The molecule has 0 unspecified atom stereocenters. The molecule has 0 radical (unpaired) electrons. The molecule has 1 aromatic carbocycles. The second-order valence-electron chi connectivity index (χ2n) is 5.74. The molecule has 1 heterocycles. The van der Waals surface area contributed by atoms with Crippen LogP contribution in [0.25, 0.3) is 11.0 Å². The minimum atomic E-state index is -0.720. The molecule has 20 heavy (non-hydrogen) atoms. The Hall–Kier alpha value is -1.49. The summed E-state index contributed by atoms with van der Waals surface area (Å²) in [5, 5.41) is 6.43. The summed E-state index contributed by atoms with van der Waals surface area (Å²) >= 11 is 1.33. The van der Waals surface area contributed by atoms with Gasteiger partial charge in [-0.1, -0.05) is 20.8 Å². The molecule has 0 spiro atoms. The second kappa shape index (κ2) is 5.48. The minimum absolute atomic E-state index is 0.171. The molecule has 0 bridgehead atoms. The molecule has 0 saturated carbocycles.